The van der Waals surface area contributed by atoms with E-state index in [0.29, 0.717) is 12.3 Å². The van der Waals surface area contributed by atoms with Gasteiger partial charge in [-0.25, -0.2) is 4.79 Å². The van der Waals surface area contributed by atoms with Crippen LogP contribution in [-0.2, 0) is 9.53 Å². The van der Waals surface area contributed by atoms with E-state index in [9.17, 15) is 9.59 Å². The quantitative estimate of drug-likeness (QED) is 0.679. The summed E-state index contributed by atoms with van der Waals surface area (Å²) < 4.78 is 5.09. The average molecular weight is 251 g/mol. The Morgan fingerprint density at radius 3 is 2.83 bits per heavy atom. The standard InChI is InChI=1S/C11H13N3O4/c12-9-5-18-4-8(9)10(15)14-7-1-6(11(16)17)2-13-3-7/h1-3,8-9H,4-5,12H2,(H,14,15)(H,16,17). The molecule has 1 amide bonds. The Labute approximate surface area is 103 Å². The zero-order valence-corrected chi connectivity index (χ0v) is 9.50. The van der Waals surface area contributed by atoms with Crippen LogP contribution in [0.5, 0.6) is 0 Å². The van der Waals surface area contributed by atoms with Crippen LogP contribution >= 0.6 is 0 Å². The van der Waals surface area contributed by atoms with E-state index < -0.39 is 11.9 Å². The van der Waals surface area contributed by atoms with Gasteiger partial charge in [0.15, 0.2) is 0 Å². The van der Waals surface area contributed by atoms with Crippen LogP contribution in [0.2, 0.25) is 0 Å². The Hall–Kier alpha value is -1.99. The summed E-state index contributed by atoms with van der Waals surface area (Å²) in [4.78, 5) is 26.4. The number of rotatable bonds is 3. The number of aromatic carboxylic acids is 1. The summed E-state index contributed by atoms with van der Waals surface area (Å²) in [5.74, 6) is -1.80. The fraction of sp³-hybridized carbons (Fsp3) is 0.364. The molecule has 0 spiro atoms. The number of hydrogen-bond donors (Lipinski definition) is 3. The molecule has 2 unspecified atom stereocenters. The van der Waals surface area contributed by atoms with Gasteiger partial charge in [0.2, 0.25) is 5.91 Å². The van der Waals surface area contributed by atoms with Crippen molar-refractivity contribution in [2.45, 2.75) is 6.04 Å². The smallest absolute Gasteiger partial charge is 0.337 e. The van der Waals surface area contributed by atoms with Gasteiger partial charge in [0.25, 0.3) is 0 Å². The van der Waals surface area contributed by atoms with E-state index in [1.165, 1.54) is 18.5 Å². The lowest BCUT2D eigenvalue weighted by Crippen LogP contribution is -2.37. The van der Waals surface area contributed by atoms with E-state index in [1.807, 2.05) is 0 Å². The second-order valence-corrected chi connectivity index (χ2v) is 4.06. The Balaban J connectivity index is 2.07. The molecule has 7 nitrogen and oxygen atoms in total. The summed E-state index contributed by atoms with van der Waals surface area (Å²) in [5, 5.41) is 11.4. The molecule has 1 aromatic heterocycles. The molecule has 2 atom stereocenters. The van der Waals surface area contributed by atoms with E-state index in [-0.39, 0.29) is 24.1 Å². The zero-order valence-electron chi connectivity index (χ0n) is 9.50. The molecular formula is C11H13N3O4. The van der Waals surface area contributed by atoms with Crippen LogP contribution in [0.4, 0.5) is 5.69 Å². The lowest BCUT2D eigenvalue weighted by molar-refractivity contribution is -0.120. The number of carbonyl (C=O) groups excluding carboxylic acids is 1. The van der Waals surface area contributed by atoms with Crippen LogP contribution in [0.3, 0.4) is 0 Å². The first kappa shape index (κ1) is 12.5. The maximum atomic E-state index is 11.9. The summed E-state index contributed by atoms with van der Waals surface area (Å²) in [6.07, 6.45) is 2.59. The third-order valence-corrected chi connectivity index (χ3v) is 2.71. The number of nitrogens with zero attached hydrogens (tertiary/aromatic N) is 1. The Kier molecular flexibility index (Phi) is 3.54. The van der Waals surface area contributed by atoms with Crippen molar-refractivity contribution in [3.8, 4) is 0 Å². The molecule has 4 N–H and O–H groups in total. The van der Waals surface area contributed by atoms with Crippen LogP contribution in [0.15, 0.2) is 18.5 Å². The van der Waals surface area contributed by atoms with Gasteiger partial charge in [0, 0.05) is 12.2 Å². The monoisotopic (exact) mass is 251 g/mol. The van der Waals surface area contributed by atoms with E-state index in [0.717, 1.165) is 0 Å². The first-order chi connectivity index (χ1) is 8.58. The highest BCUT2D eigenvalue weighted by Gasteiger charge is 2.31. The maximum absolute atomic E-state index is 11.9. The summed E-state index contributed by atoms with van der Waals surface area (Å²) in [7, 11) is 0. The molecule has 18 heavy (non-hydrogen) atoms. The molecule has 0 radical (unpaired) electrons. The van der Waals surface area contributed by atoms with Gasteiger partial charge in [-0.1, -0.05) is 0 Å². The molecule has 1 fully saturated rings. The lowest BCUT2D eigenvalue weighted by Gasteiger charge is -2.13. The van der Waals surface area contributed by atoms with Gasteiger partial charge < -0.3 is 20.9 Å². The normalized spacial score (nSPS) is 22.7. The molecule has 7 heteroatoms. The van der Waals surface area contributed by atoms with Crippen molar-refractivity contribution in [3.63, 3.8) is 0 Å². The van der Waals surface area contributed by atoms with Gasteiger partial charge >= 0.3 is 5.97 Å². The third-order valence-electron chi connectivity index (χ3n) is 2.71. The molecule has 1 aliphatic heterocycles. The molecule has 1 saturated heterocycles. The van der Waals surface area contributed by atoms with Gasteiger partial charge in [-0.2, -0.15) is 0 Å². The van der Waals surface area contributed by atoms with Crippen molar-refractivity contribution >= 4 is 17.6 Å². The Morgan fingerprint density at radius 2 is 2.22 bits per heavy atom. The van der Waals surface area contributed by atoms with Gasteiger partial charge in [0.05, 0.1) is 36.6 Å². The number of carboxylic acid groups (broad SMARTS) is 1. The highest BCUT2D eigenvalue weighted by Crippen LogP contribution is 2.15. The lowest BCUT2D eigenvalue weighted by atomic mass is 10.0. The topological polar surface area (TPSA) is 115 Å². The third kappa shape index (κ3) is 2.63. The molecule has 1 aliphatic rings. The number of hydrogen-bond acceptors (Lipinski definition) is 5. The van der Waals surface area contributed by atoms with Crippen molar-refractivity contribution in [3.05, 3.63) is 24.0 Å². The fourth-order valence-corrected chi connectivity index (χ4v) is 1.70. The fourth-order valence-electron chi connectivity index (χ4n) is 1.70. The minimum atomic E-state index is -1.10. The highest BCUT2D eigenvalue weighted by atomic mass is 16.5. The highest BCUT2D eigenvalue weighted by molar-refractivity contribution is 5.95. The van der Waals surface area contributed by atoms with Crippen molar-refractivity contribution in [1.29, 1.82) is 0 Å². The molecule has 0 bridgehead atoms. The van der Waals surface area contributed by atoms with E-state index in [1.54, 1.807) is 0 Å². The summed E-state index contributed by atoms with van der Waals surface area (Å²) >= 11 is 0. The molecule has 2 heterocycles. The van der Waals surface area contributed by atoms with Crippen molar-refractivity contribution < 1.29 is 19.4 Å². The second-order valence-electron chi connectivity index (χ2n) is 4.06. The number of ether oxygens (including phenoxy) is 1. The van der Waals surface area contributed by atoms with Crippen LogP contribution < -0.4 is 11.1 Å². The predicted octanol–water partition coefficient (Wildman–Crippen LogP) is -0.308. The Bertz CT molecular complexity index is 477. The molecule has 0 aliphatic carbocycles. The number of pyridine rings is 1. The number of nitrogens with one attached hydrogen (secondary N) is 1. The largest absolute Gasteiger partial charge is 0.478 e. The minimum Gasteiger partial charge on any atom is -0.478 e. The van der Waals surface area contributed by atoms with Gasteiger partial charge in [-0.3, -0.25) is 9.78 Å². The number of nitrogens with two attached hydrogens (primary N) is 1. The molecule has 0 aromatic carbocycles. The molecule has 0 saturated carbocycles. The summed E-state index contributed by atoms with van der Waals surface area (Å²) in [5.41, 5.74) is 6.06. The Morgan fingerprint density at radius 1 is 1.44 bits per heavy atom. The number of anilines is 1. The van der Waals surface area contributed by atoms with Crippen molar-refractivity contribution in [2.75, 3.05) is 18.5 Å². The number of amides is 1. The van der Waals surface area contributed by atoms with Crippen LogP contribution in [0.1, 0.15) is 10.4 Å². The van der Waals surface area contributed by atoms with E-state index in [2.05, 4.69) is 10.3 Å². The molecule has 1 aromatic rings. The number of aromatic nitrogens is 1. The molecule has 96 valence electrons. The van der Waals surface area contributed by atoms with Gasteiger partial charge in [0.1, 0.15) is 0 Å². The summed E-state index contributed by atoms with van der Waals surface area (Å²) in [6, 6.07) is 1.01. The van der Waals surface area contributed by atoms with E-state index in [4.69, 9.17) is 15.6 Å². The average Bonchev–Trinajstić information content (AvgIpc) is 2.76. The summed E-state index contributed by atoms with van der Waals surface area (Å²) in [6.45, 7) is 0.630. The second kappa shape index (κ2) is 5.11. The SMILES string of the molecule is NC1COCC1C(=O)Nc1cncc(C(=O)O)c1. The first-order valence-corrected chi connectivity index (χ1v) is 5.40. The molecule has 2 rings (SSSR count). The first-order valence-electron chi connectivity index (χ1n) is 5.40. The number of carboxylic acids is 1. The number of carbonyl (C=O) groups is 2. The van der Waals surface area contributed by atoms with Crippen LogP contribution in [0, 0.1) is 5.92 Å². The minimum absolute atomic E-state index is 0.0137. The van der Waals surface area contributed by atoms with Crippen molar-refractivity contribution in [2.24, 2.45) is 11.7 Å². The van der Waals surface area contributed by atoms with Gasteiger partial charge in [-0.15, -0.1) is 0 Å². The molecular weight excluding hydrogens is 238 g/mol. The van der Waals surface area contributed by atoms with Crippen LogP contribution in [0.25, 0.3) is 0 Å². The van der Waals surface area contributed by atoms with Crippen LogP contribution in [-0.4, -0.2) is 41.2 Å². The van der Waals surface area contributed by atoms with Crippen molar-refractivity contribution in [1.82, 2.24) is 4.98 Å². The zero-order chi connectivity index (χ0) is 13.1. The maximum Gasteiger partial charge on any atom is 0.337 e. The van der Waals surface area contributed by atoms with E-state index >= 15 is 0 Å². The van der Waals surface area contributed by atoms with Gasteiger partial charge in [-0.05, 0) is 6.07 Å². The predicted molar refractivity (Wildman–Crippen MR) is 62.1 cm³/mol.